The Balaban J connectivity index is 0.000000432. The highest BCUT2D eigenvalue weighted by atomic mass is 19.4. The predicted molar refractivity (Wildman–Crippen MR) is 615 cm³/mol. The molecular formula is C135H212F6. The van der Waals surface area contributed by atoms with Crippen LogP contribution in [0.4, 0.5) is 26.3 Å². The highest BCUT2D eigenvalue weighted by Crippen LogP contribution is 2.50. The number of halogens is 6. The van der Waals surface area contributed by atoms with Crippen LogP contribution in [0.3, 0.4) is 0 Å². The van der Waals surface area contributed by atoms with Crippen LogP contribution < -0.4 is 0 Å². The first-order valence-electron chi connectivity index (χ1n) is 54.7. The van der Waals surface area contributed by atoms with Crippen molar-refractivity contribution in [3.8, 4) is 22.3 Å². The van der Waals surface area contributed by atoms with E-state index in [-0.39, 0.29) is 62.1 Å². The number of alkyl halides is 6. The molecule has 0 atom stereocenters. The van der Waals surface area contributed by atoms with E-state index in [2.05, 4.69) is 452 Å². The van der Waals surface area contributed by atoms with Crippen LogP contribution in [0.1, 0.15) is 529 Å². The number of hydrogen-bond acceptors (Lipinski definition) is 0. The zero-order valence-electron chi connectivity index (χ0n) is 102. The predicted octanol–water partition coefficient (Wildman–Crippen LogP) is 43.5. The van der Waals surface area contributed by atoms with Crippen LogP contribution in [0, 0.1) is 50.2 Å². The third kappa shape index (κ3) is 40.2. The molecule has 141 heavy (non-hydrogen) atoms. The van der Waals surface area contributed by atoms with Crippen molar-refractivity contribution >= 4 is 0 Å². The van der Waals surface area contributed by atoms with E-state index in [9.17, 15) is 26.3 Å². The molecule has 0 aromatic heterocycles. The molecular weight excluding hydrogens is 1740 g/mol. The molecule has 0 N–H and O–H groups in total. The Hall–Kier alpha value is -6.66. The lowest BCUT2D eigenvalue weighted by molar-refractivity contribution is -0.211. The van der Waals surface area contributed by atoms with Crippen LogP contribution in [0.15, 0.2) is 152 Å². The average Bonchev–Trinajstić information content (AvgIpc) is 0.760. The molecule has 0 spiro atoms. The van der Waals surface area contributed by atoms with Gasteiger partial charge in [0.1, 0.15) is 0 Å². The maximum absolute atomic E-state index is 13.3. The van der Waals surface area contributed by atoms with Crippen LogP contribution in [0.2, 0.25) is 0 Å². The first-order chi connectivity index (χ1) is 63.6. The minimum absolute atomic E-state index is 0.0390. The lowest BCUT2D eigenvalue weighted by Crippen LogP contribution is -2.36. The SMILES string of the molecule is CC(C)(C)Cc1cccc(CC(C)(C)C)c1C(C)(C)C.CC(C)(C)c1c(CC(C)(C)C(F)(F)F)cccc1CC(C)(C)C(F)(F)F.CC(C)(C)c1ccc(-c2cccc(-c3ccc(C(C)(C)C)cc3)c2C(C)(C)C)cc1.CC(C)Cc1cccc(CC(C)C)c1C(C)(C)C.CC(C)c1cc(C(C)C)c(C(C)(C)C)c(C(C)C)c1.CC(C)c1cccc(C(C)C)c1C(C)(C)C.[2H]C1(C(C)(C)C)CCC(C)(C)CC1. The molecule has 0 amide bonds. The molecule has 1 aliphatic rings. The summed E-state index contributed by atoms with van der Waals surface area (Å²) in [6.07, 6.45) is -0.0830. The summed E-state index contributed by atoms with van der Waals surface area (Å²) in [6.45, 7) is 116. The zero-order chi connectivity index (χ0) is 111. The van der Waals surface area contributed by atoms with Crippen molar-refractivity contribution in [2.24, 2.45) is 50.2 Å². The van der Waals surface area contributed by atoms with Crippen LogP contribution in [0.25, 0.3) is 22.3 Å². The van der Waals surface area contributed by atoms with Crippen molar-refractivity contribution < 1.29 is 27.7 Å². The Kier molecular flexibility index (Phi) is 44.4. The minimum atomic E-state index is -4.40. The second-order valence-corrected chi connectivity index (χ2v) is 58.2. The van der Waals surface area contributed by atoms with Crippen molar-refractivity contribution in [3.63, 3.8) is 0 Å². The van der Waals surface area contributed by atoms with Crippen molar-refractivity contribution in [1.29, 1.82) is 0 Å². The maximum atomic E-state index is 13.3. The number of rotatable bonds is 17. The van der Waals surface area contributed by atoms with E-state index in [1.807, 2.05) is 20.8 Å². The fraction of sp³-hybridized carbons (Fsp3) is 0.644. The normalized spacial score (nSPS) is 14.6. The van der Waals surface area contributed by atoms with E-state index < -0.39 is 28.6 Å². The summed E-state index contributed by atoms with van der Waals surface area (Å²) in [6, 6.07) is 55.3. The van der Waals surface area contributed by atoms with E-state index in [1.165, 1.54) is 92.4 Å². The first kappa shape index (κ1) is 127. The van der Waals surface area contributed by atoms with Gasteiger partial charge in [0, 0.05) is 1.37 Å². The summed E-state index contributed by atoms with van der Waals surface area (Å²) in [5.41, 5.74) is 29.0. The molecule has 0 radical (unpaired) electrons. The van der Waals surface area contributed by atoms with Gasteiger partial charge in [-0.25, -0.2) is 0 Å². The Morgan fingerprint density at radius 2 is 0.518 bits per heavy atom. The zero-order valence-corrected chi connectivity index (χ0v) is 101. The second-order valence-electron chi connectivity index (χ2n) is 58.2. The van der Waals surface area contributed by atoms with E-state index in [0.717, 1.165) is 65.2 Å². The lowest BCUT2D eigenvalue weighted by atomic mass is 9.65. The molecule has 0 nitrogen and oxygen atoms in total. The molecule has 8 aromatic carbocycles. The van der Waals surface area contributed by atoms with Gasteiger partial charge in [-0.1, -0.05) is 519 Å². The molecule has 1 saturated carbocycles. The van der Waals surface area contributed by atoms with Crippen molar-refractivity contribution in [2.75, 3.05) is 0 Å². The third-order valence-corrected chi connectivity index (χ3v) is 27.7. The van der Waals surface area contributed by atoms with Crippen molar-refractivity contribution in [2.45, 2.75) is 516 Å². The van der Waals surface area contributed by atoms with Gasteiger partial charge in [-0.15, -0.1) is 0 Å². The largest absolute Gasteiger partial charge is 0.394 e. The fourth-order valence-electron chi connectivity index (χ4n) is 20.3. The van der Waals surface area contributed by atoms with Gasteiger partial charge in [0.25, 0.3) is 0 Å². The molecule has 0 aliphatic heterocycles. The van der Waals surface area contributed by atoms with Crippen LogP contribution in [-0.2, 0) is 81.8 Å². The molecule has 9 rings (SSSR count). The molecule has 6 heteroatoms. The minimum Gasteiger partial charge on any atom is -0.171 e. The van der Waals surface area contributed by atoms with E-state index >= 15 is 0 Å². The van der Waals surface area contributed by atoms with E-state index in [4.69, 9.17) is 1.37 Å². The molecule has 0 bridgehead atoms. The highest BCUT2D eigenvalue weighted by Gasteiger charge is 2.50. The van der Waals surface area contributed by atoms with Gasteiger partial charge in [0.2, 0.25) is 0 Å². The smallest absolute Gasteiger partial charge is 0.171 e. The summed E-state index contributed by atoms with van der Waals surface area (Å²) < 4.78 is 88.4. The molecule has 8 aromatic rings. The molecule has 794 valence electrons. The number of hydrogen-bond donors (Lipinski definition) is 0. The topological polar surface area (TPSA) is 0 Å². The highest BCUT2D eigenvalue weighted by molar-refractivity contribution is 5.80. The Bertz CT molecular complexity index is 4950. The molecule has 0 heterocycles. The maximum Gasteiger partial charge on any atom is 0.394 e. The van der Waals surface area contributed by atoms with Gasteiger partial charge in [-0.05, 0) is 304 Å². The Morgan fingerprint density at radius 1 is 0.277 bits per heavy atom. The standard InChI is InChI=1S/C30H38.C20H28F6.C20H34.C19H32.C18H30.C16H26.C12H24/c1-28(2,3)23-17-13-21(14-18-23)25-11-10-12-26(27(25)30(7,8)9)22-15-19-24(20-16-22)29(4,5)6;1-16(2,3)15-13(11-17(4,5)19(21,22)23)9-8-10-14(15)12-18(6,7)20(24,25)26;1-18(2,3)13-15-11-10-12-16(14-19(4,5)6)17(15)20(7,8)9;1-12(2)15-10-16(13(3)4)18(19(7,8)9)17(11-15)14(5)6;1-13(2)11-15-9-8-10-16(12-14(3)4)17(15)18(5,6)7;1-11(2)13-9-8-10-14(12(3)4)15(13)16(5,6)7;1-11(2,3)10-6-8-12(4,5)9-7-10/h10-20H,1-9H3;8-10H,11-12H2,1-7H3;10-12H,13-14H2,1-9H3;10-14H,1-9H3;8-10,13-14H,11-12H2,1-7H3;8-12H,1-7H3;10H,6-9H2,1-5H3/i;;;;;;10D. The average molecular weight is 1950 g/mol. The van der Waals surface area contributed by atoms with E-state index in [1.54, 1.807) is 62.7 Å². The van der Waals surface area contributed by atoms with Crippen molar-refractivity contribution in [1.82, 2.24) is 0 Å². The fourth-order valence-corrected chi connectivity index (χ4v) is 20.3. The van der Waals surface area contributed by atoms with Crippen molar-refractivity contribution in [3.05, 3.63) is 257 Å². The molecule has 1 fully saturated rings. The molecule has 0 saturated heterocycles. The molecule has 1 aliphatic carbocycles. The van der Waals surface area contributed by atoms with Crippen LogP contribution in [-0.4, -0.2) is 12.4 Å². The van der Waals surface area contributed by atoms with Gasteiger partial charge in [0.15, 0.2) is 0 Å². The first-order valence-corrected chi connectivity index (χ1v) is 54.2. The monoisotopic (exact) mass is 1950 g/mol. The van der Waals surface area contributed by atoms with Gasteiger partial charge < -0.3 is 0 Å². The second kappa shape index (κ2) is 49.4. The number of benzene rings is 8. The van der Waals surface area contributed by atoms with Crippen LogP contribution in [0.5, 0.6) is 0 Å². The summed E-state index contributed by atoms with van der Waals surface area (Å²) in [5, 5.41) is 0. The Labute approximate surface area is 868 Å². The molecule has 0 unspecified atom stereocenters. The van der Waals surface area contributed by atoms with Gasteiger partial charge in [-0.2, -0.15) is 26.3 Å². The third-order valence-electron chi connectivity index (χ3n) is 27.7. The summed E-state index contributed by atoms with van der Waals surface area (Å²) in [7, 11) is 0. The van der Waals surface area contributed by atoms with Gasteiger partial charge >= 0.3 is 12.4 Å². The van der Waals surface area contributed by atoms with Crippen LogP contribution >= 0.6 is 0 Å². The summed E-state index contributed by atoms with van der Waals surface area (Å²) >= 11 is 0. The lowest BCUT2D eigenvalue weighted by Gasteiger charge is -2.40. The van der Waals surface area contributed by atoms with Gasteiger partial charge in [0.05, 0.1) is 10.8 Å². The summed E-state index contributed by atoms with van der Waals surface area (Å²) in [5.74, 6) is 4.25. The Morgan fingerprint density at radius 3 is 0.745 bits per heavy atom. The quantitative estimate of drug-likeness (QED) is 0.0797. The summed E-state index contributed by atoms with van der Waals surface area (Å²) in [4.78, 5) is 0. The van der Waals surface area contributed by atoms with E-state index in [0.29, 0.717) is 62.5 Å². The van der Waals surface area contributed by atoms with Gasteiger partial charge in [-0.3, -0.25) is 0 Å².